The predicted molar refractivity (Wildman–Crippen MR) is 104 cm³/mol. The van der Waals surface area contributed by atoms with E-state index in [1.807, 2.05) is 31.2 Å². The van der Waals surface area contributed by atoms with Crippen molar-refractivity contribution in [1.29, 1.82) is 0 Å². The van der Waals surface area contributed by atoms with E-state index in [1.54, 1.807) is 26.1 Å². The van der Waals surface area contributed by atoms with Gasteiger partial charge in [0.05, 0.1) is 16.8 Å². The van der Waals surface area contributed by atoms with Crippen LogP contribution in [-0.2, 0) is 16.1 Å². The molecule has 0 N–H and O–H groups in total. The molecule has 28 heavy (non-hydrogen) atoms. The molecule has 0 radical (unpaired) electrons. The summed E-state index contributed by atoms with van der Waals surface area (Å²) in [6.07, 6.45) is 0. The number of hydrogen-bond donors (Lipinski definition) is 0. The van der Waals surface area contributed by atoms with Crippen molar-refractivity contribution in [2.24, 2.45) is 0 Å². The Morgan fingerprint density at radius 3 is 2.46 bits per heavy atom. The Morgan fingerprint density at radius 1 is 1.07 bits per heavy atom. The van der Waals surface area contributed by atoms with Crippen molar-refractivity contribution in [2.75, 3.05) is 13.7 Å². The molecule has 2 aromatic carbocycles. The predicted octanol–water partition coefficient (Wildman–Crippen LogP) is 3.81. The van der Waals surface area contributed by atoms with Crippen LogP contribution < -0.4 is 0 Å². The Bertz CT molecular complexity index is 1030. The first-order valence-electron chi connectivity index (χ1n) is 8.88. The van der Waals surface area contributed by atoms with Gasteiger partial charge in [-0.25, -0.2) is 9.18 Å². The van der Waals surface area contributed by atoms with Gasteiger partial charge in [0.25, 0.3) is 5.91 Å². The van der Waals surface area contributed by atoms with Gasteiger partial charge in [-0.15, -0.1) is 0 Å². The maximum absolute atomic E-state index is 13.0. The zero-order valence-corrected chi connectivity index (χ0v) is 16.0. The number of aryl methyl sites for hydroxylation is 2. The van der Waals surface area contributed by atoms with Crippen LogP contribution in [0.3, 0.4) is 0 Å². The smallest absolute Gasteiger partial charge is 0.340 e. The minimum absolute atomic E-state index is 0.298. The van der Waals surface area contributed by atoms with Crippen LogP contribution in [0.1, 0.15) is 27.2 Å². The number of hydrogen-bond acceptors (Lipinski definition) is 4. The van der Waals surface area contributed by atoms with Crippen molar-refractivity contribution in [3.63, 3.8) is 0 Å². The molecule has 0 spiro atoms. The summed E-state index contributed by atoms with van der Waals surface area (Å²) in [7, 11) is 1.60. The number of esters is 1. The van der Waals surface area contributed by atoms with Gasteiger partial charge < -0.3 is 9.64 Å². The van der Waals surface area contributed by atoms with Gasteiger partial charge in [0.2, 0.25) is 0 Å². The largest absolute Gasteiger partial charge is 0.452 e. The van der Waals surface area contributed by atoms with Gasteiger partial charge in [0.1, 0.15) is 5.82 Å². The van der Waals surface area contributed by atoms with Crippen LogP contribution in [0.25, 0.3) is 10.9 Å². The minimum atomic E-state index is -0.572. The number of likely N-dealkylation sites (N-methyl/N-ethyl adjacent to an activating group) is 1. The SMILES string of the molecule is Cc1nc2ccccc2c(C)c1C(=O)OCC(=O)N(C)Cc1ccc(F)cc1. The number of rotatable bonds is 5. The lowest BCUT2D eigenvalue weighted by molar-refractivity contribution is -0.133. The number of aromatic nitrogens is 1. The second-order valence-corrected chi connectivity index (χ2v) is 6.67. The second-order valence-electron chi connectivity index (χ2n) is 6.67. The molecular formula is C22H21FN2O3. The molecule has 0 unspecified atom stereocenters. The zero-order valence-electron chi connectivity index (χ0n) is 16.0. The molecule has 3 aromatic rings. The van der Waals surface area contributed by atoms with E-state index >= 15 is 0 Å². The van der Waals surface area contributed by atoms with E-state index in [0.717, 1.165) is 22.0 Å². The molecule has 0 aliphatic rings. The highest BCUT2D eigenvalue weighted by molar-refractivity contribution is 5.99. The van der Waals surface area contributed by atoms with Crippen molar-refractivity contribution in [2.45, 2.75) is 20.4 Å². The first-order chi connectivity index (χ1) is 13.4. The fourth-order valence-corrected chi connectivity index (χ4v) is 3.09. The molecule has 0 fully saturated rings. The normalized spacial score (nSPS) is 10.7. The highest BCUT2D eigenvalue weighted by Gasteiger charge is 2.19. The molecular weight excluding hydrogens is 359 g/mol. The standard InChI is InChI=1S/C22H21FN2O3/c1-14-18-6-4-5-7-19(18)24-15(2)21(14)22(27)28-13-20(26)25(3)12-16-8-10-17(23)11-9-16/h4-11H,12-13H2,1-3H3. The number of amides is 1. The van der Waals surface area contributed by atoms with Gasteiger partial charge in [-0.05, 0) is 43.2 Å². The molecule has 1 heterocycles. The summed E-state index contributed by atoms with van der Waals surface area (Å²) in [6.45, 7) is 3.52. The molecule has 3 rings (SSSR count). The Balaban J connectivity index is 1.67. The third-order valence-corrected chi connectivity index (χ3v) is 4.62. The Hall–Kier alpha value is -3.28. The van der Waals surface area contributed by atoms with E-state index in [9.17, 15) is 14.0 Å². The second kappa shape index (κ2) is 8.17. The molecule has 0 atom stereocenters. The molecule has 5 nitrogen and oxygen atoms in total. The summed E-state index contributed by atoms with van der Waals surface area (Å²) in [5.74, 6) is -1.25. The zero-order chi connectivity index (χ0) is 20.3. The monoisotopic (exact) mass is 380 g/mol. The summed E-state index contributed by atoms with van der Waals surface area (Å²) in [5, 5.41) is 0.875. The lowest BCUT2D eigenvalue weighted by Crippen LogP contribution is -2.31. The highest BCUT2D eigenvalue weighted by atomic mass is 19.1. The van der Waals surface area contributed by atoms with E-state index in [0.29, 0.717) is 17.8 Å². The number of carbonyl (C=O) groups excluding carboxylic acids is 2. The summed E-state index contributed by atoms with van der Waals surface area (Å²) in [5.41, 5.74) is 3.32. The van der Waals surface area contributed by atoms with Crippen molar-refractivity contribution in [1.82, 2.24) is 9.88 Å². The van der Waals surface area contributed by atoms with Crippen molar-refractivity contribution in [3.05, 3.63) is 76.7 Å². The third-order valence-electron chi connectivity index (χ3n) is 4.62. The molecule has 0 saturated heterocycles. The average molecular weight is 380 g/mol. The number of carbonyl (C=O) groups is 2. The first kappa shape index (κ1) is 19.5. The Labute approximate surface area is 162 Å². The number of nitrogens with zero attached hydrogens (tertiary/aromatic N) is 2. The third kappa shape index (κ3) is 4.17. The van der Waals surface area contributed by atoms with Crippen LogP contribution in [0.5, 0.6) is 0 Å². The maximum atomic E-state index is 13.0. The lowest BCUT2D eigenvalue weighted by Gasteiger charge is -2.18. The van der Waals surface area contributed by atoms with Gasteiger partial charge in [-0.2, -0.15) is 0 Å². The van der Waals surface area contributed by atoms with Crippen LogP contribution in [0, 0.1) is 19.7 Å². The van der Waals surface area contributed by atoms with Crippen molar-refractivity contribution >= 4 is 22.8 Å². The molecule has 0 bridgehead atoms. The van der Waals surface area contributed by atoms with E-state index in [-0.39, 0.29) is 18.3 Å². The summed E-state index contributed by atoms with van der Waals surface area (Å²) in [6, 6.07) is 13.5. The van der Waals surface area contributed by atoms with Gasteiger partial charge in [-0.3, -0.25) is 9.78 Å². The number of pyridine rings is 1. The maximum Gasteiger partial charge on any atom is 0.340 e. The number of fused-ring (bicyclic) bond motifs is 1. The minimum Gasteiger partial charge on any atom is -0.452 e. The summed E-state index contributed by atoms with van der Waals surface area (Å²) >= 11 is 0. The molecule has 0 saturated carbocycles. The highest BCUT2D eigenvalue weighted by Crippen LogP contribution is 2.23. The quantitative estimate of drug-likeness (QED) is 0.632. The van der Waals surface area contributed by atoms with E-state index in [1.165, 1.54) is 17.0 Å². The van der Waals surface area contributed by atoms with Gasteiger partial charge in [0.15, 0.2) is 6.61 Å². The fourth-order valence-electron chi connectivity index (χ4n) is 3.09. The molecule has 144 valence electrons. The molecule has 0 aliphatic carbocycles. The van der Waals surface area contributed by atoms with Crippen molar-refractivity contribution < 1.29 is 18.7 Å². The van der Waals surface area contributed by atoms with Crippen molar-refractivity contribution in [3.8, 4) is 0 Å². The van der Waals surface area contributed by atoms with Crippen LogP contribution in [0.15, 0.2) is 48.5 Å². The lowest BCUT2D eigenvalue weighted by atomic mass is 10.0. The average Bonchev–Trinajstić information content (AvgIpc) is 2.67. The van der Waals surface area contributed by atoms with E-state index in [4.69, 9.17) is 4.74 Å². The molecule has 6 heteroatoms. The topological polar surface area (TPSA) is 59.5 Å². The number of benzene rings is 2. The molecule has 1 amide bonds. The van der Waals surface area contributed by atoms with Gasteiger partial charge >= 0.3 is 5.97 Å². The van der Waals surface area contributed by atoms with Crippen LogP contribution in [0.4, 0.5) is 4.39 Å². The molecule has 0 aliphatic heterocycles. The number of halogens is 1. The van der Waals surface area contributed by atoms with Crippen LogP contribution in [-0.4, -0.2) is 35.4 Å². The fraction of sp³-hybridized carbons (Fsp3) is 0.227. The Kier molecular flexibility index (Phi) is 5.68. The summed E-state index contributed by atoms with van der Waals surface area (Å²) in [4.78, 5) is 30.8. The Morgan fingerprint density at radius 2 is 1.75 bits per heavy atom. The number of para-hydroxylation sites is 1. The number of ether oxygens (including phenoxy) is 1. The van der Waals surface area contributed by atoms with Crippen LogP contribution >= 0.6 is 0 Å². The van der Waals surface area contributed by atoms with E-state index < -0.39 is 5.97 Å². The first-order valence-corrected chi connectivity index (χ1v) is 8.88. The van der Waals surface area contributed by atoms with Crippen LogP contribution in [0.2, 0.25) is 0 Å². The van der Waals surface area contributed by atoms with E-state index in [2.05, 4.69) is 4.98 Å². The van der Waals surface area contributed by atoms with Gasteiger partial charge in [-0.1, -0.05) is 30.3 Å². The summed E-state index contributed by atoms with van der Waals surface area (Å²) < 4.78 is 18.2. The van der Waals surface area contributed by atoms with Gasteiger partial charge in [0, 0.05) is 19.0 Å². The molecule has 1 aromatic heterocycles.